The van der Waals surface area contributed by atoms with Crippen LogP contribution in [0, 0.1) is 11.8 Å². The van der Waals surface area contributed by atoms with E-state index in [1.807, 2.05) is 0 Å². The van der Waals surface area contributed by atoms with Gasteiger partial charge in [-0.1, -0.05) is 0 Å². The van der Waals surface area contributed by atoms with Gasteiger partial charge < -0.3 is 5.73 Å². The Hall–Kier alpha value is -0.370. The van der Waals surface area contributed by atoms with Gasteiger partial charge >= 0.3 is 0 Å². The fourth-order valence-corrected chi connectivity index (χ4v) is 1.68. The van der Waals surface area contributed by atoms with Crippen molar-refractivity contribution in [3.63, 3.8) is 0 Å². The summed E-state index contributed by atoms with van der Waals surface area (Å²) in [5.41, 5.74) is 5.86. The Morgan fingerprint density at radius 3 is 2.50 bits per heavy atom. The predicted octanol–water partition coefficient (Wildman–Crippen LogP) is 1.48. The van der Waals surface area contributed by atoms with Gasteiger partial charge in [0.2, 0.25) is 0 Å². The molecule has 0 radical (unpaired) electrons. The van der Waals surface area contributed by atoms with Crippen molar-refractivity contribution in [2.75, 3.05) is 0 Å². The Kier molecular flexibility index (Phi) is 2.18. The molecule has 1 atom stereocenters. The summed E-state index contributed by atoms with van der Waals surface area (Å²) >= 11 is 0. The van der Waals surface area contributed by atoms with Gasteiger partial charge in [-0.2, -0.15) is 0 Å². The summed E-state index contributed by atoms with van der Waals surface area (Å²) < 4.78 is 0. The minimum absolute atomic E-state index is 0.177. The molecule has 2 saturated carbocycles. The fourth-order valence-electron chi connectivity index (χ4n) is 1.68. The van der Waals surface area contributed by atoms with Crippen LogP contribution in [0.2, 0.25) is 0 Å². The van der Waals surface area contributed by atoms with Crippen molar-refractivity contribution in [1.29, 1.82) is 0 Å². The lowest BCUT2D eigenvalue weighted by molar-refractivity contribution is -0.119. The maximum atomic E-state index is 11.4. The third-order valence-corrected chi connectivity index (χ3v) is 2.90. The van der Waals surface area contributed by atoms with Gasteiger partial charge in [0.1, 0.15) is 5.78 Å². The largest absolute Gasteiger partial charge is 0.327 e. The van der Waals surface area contributed by atoms with E-state index in [0.29, 0.717) is 18.1 Å². The standard InChI is InChI=1S/C10H17NO/c11-10(8-3-4-8)6-9(12)5-7-1-2-7/h7-8,10H,1-6,11H2. The SMILES string of the molecule is NC(CC(=O)CC1CC1)C1CC1. The topological polar surface area (TPSA) is 43.1 Å². The first kappa shape index (κ1) is 8.24. The predicted molar refractivity (Wildman–Crippen MR) is 47.7 cm³/mol. The van der Waals surface area contributed by atoms with Gasteiger partial charge in [0.25, 0.3) is 0 Å². The van der Waals surface area contributed by atoms with Crippen molar-refractivity contribution in [2.45, 2.75) is 44.6 Å². The molecule has 2 aliphatic carbocycles. The molecule has 12 heavy (non-hydrogen) atoms. The minimum atomic E-state index is 0.177. The molecule has 0 amide bonds. The van der Waals surface area contributed by atoms with Crippen molar-refractivity contribution in [3.8, 4) is 0 Å². The summed E-state index contributed by atoms with van der Waals surface area (Å²) in [4.78, 5) is 11.4. The zero-order chi connectivity index (χ0) is 8.55. The number of nitrogens with two attached hydrogens (primary N) is 1. The highest BCUT2D eigenvalue weighted by Gasteiger charge is 2.31. The summed E-state index contributed by atoms with van der Waals surface area (Å²) in [5.74, 6) is 1.80. The second kappa shape index (κ2) is 3.17. The van der Waals surface area contributed by atoms with Crippen molar-refractivity contribution < 1.29 is 4.79 Å². The summed E-state index contributed by atoms with van der Waals surface area (Å²) in [6, 6.07) is 0.177. The molecule has 68 valence electrons. The monoisotopic (exact) mass is 167 g/mol. The number of ketones is 1. The average Bonchev–Trinajstić information content (AvgIpc) is 2.83. The molecule has 2 N–H and O–H groups in total. The molecule has 0 heterocycles. The van der Waals surface area contributed by atoms with E-state index < -0.39 is 0 Å². The molecule has 0 aromatic carbocycles. The van der Waals surface area contributed by atoms with Crippen LogP contribution in [-0.2, 0) is 4.79 Å². The Bertz CT molecular complexity index is 182. The van der Waals surface area contributed by atoms with Crippen LogP contribution in [-0.4, -0.2) is 11.8 Å². The van der Waals surface area contributed by atoms with Crippen molar-refractivity contribution in [2.24, 2.45) is 17.6 Å². The van der Waals surface area contributed by atoms with E-state index in [0.717, 1.165) is 12.3 Å². The first-order valence-electron chi connectivity index (χ1n) is 5.03. The number of Topliss-reactive ketones (excluding diaryl/α,β-unsaturated/α-hetero) is 1. The average molecular weight is 167 g/mol. The Morgan fingerprint density at radius 1 is 1.33 bits per heavy atom. The third kappa shape index (κ3) is 2.31. The van der Waals surface area contributed by atoms with Gasteiger partial charge in [-0.05, 0) is 37.5 Å². The normalized spacial score (nSPS) is 25.4. The fraction of sp³-hybridized carbons (Fsp3) is 0.900. The van der Waals surface area contributed by atoms with Crippen molar-refractivity contribution in [1.82, 2.24) is 0 Å². The van der Waals surface area contributed by atoms with Gasteiger partial charge in [-0.3, -0.25) is 4.79 Å². The second-order valence-electron chi connectivity index (χ2n) is 4.39. The highest BCUT2D eigenvalue weighted by molar-refractivity contribution is 5.79. The second-order valence-corrected chi connectivity index (χ2v) is 4.39. The lowest BCUT2D eigenvalue weighted by Gasteiger charge is -2.07. The maximum absolute atomic E-state index is 11.4. The zero-order valence-electron chi connectivity index (χ0n) is 7.46. The summed E-state index contributed by atoms with van der Waals surface area (Å²) in [5, 5.41) is 0. The molecule has 0 bridgehead atoms. The summed E-state index contributed by atoms with van der Waals surface area (Å²) in [6.07, 6.45) is 6.48. The van der Waals surface area contributed by atoms with E-state index in [1.54, 1.807) is 0 Å². The molecule has 0 saturated heterocycles. The molecule has 0 aromatic rings. The van der Waals surface area contributed by atoms with Gasteiger partial charge in [0.05, 0.1) is 0 Å². The van der Waals surface area contributed by atoms with Crippen LogP contribution in [0.5, 0.6) is 0 Å². The molecule has 2 aliphatic rings. The molecule has 2 rings (SSSR count). The van der Waals surface area contributed by atoms with Crippen LogP contribution in [0.25, 0.3) is 0 Å². The first-order valence-corrected chi connectivity index (χ1v) is 5.03. The number of carbonyl (C=O) groups excluding carboxylic acids is 1. The highest BCUT2D eigenvalue weighted by atomic mass is 16.1. The molecule has 0 aliphatic heterocycles. The highest BCUT2D eigenvalue weighted by Crippen LogP contribution is 2.35. The van der Waals surface area contributed by atoms with E-state index >= 15 is 0 Å². The van der Waals surface area contributed by atoms with Crippen LogP contribution in [0.1, 0.15) is 38.5 Å². The minimum Gasteiger partial charge on any atom is -0.327 e. The molecule has 0 aromatic heterocycles. The van der Waals surface area contributed by atoms with E-state index in [4.69, 9.17) is 5.73 Å². The number of hydrogen-bond acceptors (Lipinski definition) is 2. The van der Waals surface area contributed by atoms with Crippen molar-refractivity contribution in [3.05, 3.63) is 0 Å². The molecule has 1 unspecified atom stereocenters. The lowest BCUT2D eigenvalue weighted by atomic mass is 10.0. The van der Waals surface area contributed by atoms with E-state index in [9.17, 15) is 4.79 Å². The molecule has 2 nitrogen and oxygen atoms in total. The van der Waals surface area contributed by atoms with Gasteiger partial charge in [0.15, 0.2) is 0 Å². The van der Waals surface area contributed by atoms with Gasteiger partial charge in [-0.25, -0.2) is 0 Å². The van der Waals surface area contributed by atoms with Gasteiger partial charge in [-0.15, -0.1) is 0 Å². The number of rotatable bonds is 5. The Morgan fingerprint density at radius 2 is 2.00 bits per heavy atom. The maximum Gasteiger partial charge on any atom is 0.134 e. The van der Waals surface area contributed by atoms with Gasteiger partial charge in [0, 0.05) is 18.9 Å². The lowest BCUT2D eigenvalue weighted by Crippen LogP contribution is -2.25. The Balaban J connectivity index is 1.65. The number of hydrogen-bond donors (Lipinski definition) is 1. The van der Waals surface area contributed by atoms with Crippen LogP contribution < -0.4 is 5.73 Å². The van der Waals surface area contributed by atoms with Crippen LogP contribution >= 0.6 is 0 Å². The summed E-state index contributed by atoms with van der Waals surface area (Å²) in [7, 11) is 0. The first-order chi connectivity index (χ1) is 5.75. The third-order valence-electron chi connectivity index (χ3n) is 2.90. The van der Waals surface area contributed by atoms with Crippen LogP contribution in [0.15, 0.2) is 0 Å². The van der Waals surface area contributed by atoms with E-state index in [1.165, 1.54) is 25.7 Å². The van der Waals surface area contributed by atoms with E-state index in [-0.39, 0.29) is 6.04 Å². The molecular formula is C10H17NO. The molecular weight excluding hydrogens is 150 g/mol. The van der Waals surface area contributed by atoms with E-state index in [2.05, 4.69) is 0 Å². The summed E-state index contributed by atoms with van der Waals surface area (Å²) in [6.45, 7) is 0. The smallest absolute Gasteiger partial charge is 0.134 e. The number of carbonyl (C=O) groups is 1. The molecule has 0 spiro atoms. The zero-order valence-corrected chi connectivity index (χ0v) is 7.46. The van der Waals surface area contributed by atoms with Crippen molar-refractivity contribution >= 4 is 5.78 Å². The van der Waals surface area contributed by atoms with Crippen LogP contribution in [0.3, 0.4) is 0 Å². The molecule has 2 fully saturated rings. The van der Waals surface area contributed by atoms with Crippen LogP contribution in [0.4, 0.5) is 0 Å². The Labute approximate surface area is 73.5 Å². The molecule has 2 heteroatoms. The quantitative estimate of drug-likeness (QED) is 0.674.